The van der Waals surface area contributed by atoms with Crippen LogP contribution in [0.1, 0.15) is 16.4 Å². The summed E-state index contributed by atoms with van der Waals surface area (Å²) in [4.78, 5) is 55.4. The van der Waals surface area contributed by atoms with Crippen molar-refractivity contribution in [3.8, 4) is 11.5 Å². The molecule has 1 N–H and O–H groups in total. The van der Waals surface area contributed by atoms with Crippen LogP contribution >= 0.6 is 23.1 Å². The fraction of sp³-hybridized carbons (Fsp3) is 0.200. The second-order valence-corrected chi connectivity index (χ2v) is 11.8. The van der Waals surface area contributed by atoms with Gasteiger partial charge in [0.25, 0.3) is 0 Å². The molecule has 3 amide bonds. The van der Waals surface area contributed by atoms with Gasteiger partial charge >= 0.3 is 4.87 Å². The van der Waals surface area contributed by atoms with Gasteiger partial charge in [-0.2, -0.15) is 0 Å². The van der Waals surface area contributed by atoms with Crippen molar-refractivity contribution in [3.63, 3.8) is 0 Å². The number of hydrogen-bond donors (Lipinski definition) is 1. The number of anilines is 2. The number of halogens is 1. The van der Waals surface area contributed by atoms with Crippen molar-refractivity contribution in [3.05, 3.63) is 98.7 Å². The first kappa shape index (κ1) is 27.7. The lowest BCUT2D eigenvalue weighted by Crippen LogP contribution is -2.33. The normalized spacial score (nSPS) is 19.3. The Balaban J connectivity index is 1.45. The van der Waals surface area contributed by atoms with E-state index in [0.29, 0.717) is 32.7 Å². The van der Waals surface area contributed by atoms with Gasteiger partial charge in [0.05, 0.1) is 30.9 Å². The zero-order chi connectivity index (χ0) is 29.5. The maximum Gasteiger partial charge on any atom is 0.308 e. The van der Waals surface area contributed by atoms with Crippen molar-refractivity contribution in [1.29, 1.82) is 0 Å². The minimum atomic E-state index is -0.884. The van der Waals surface area contributed by atoms with E-state index in [1.54, 1.807) is 42.5 Å². The van der Waals surface area contributed by atoms with Crippen LogP contribution in [0.5, 0.6) is 11.5 Å². The highest BCUT2D eigenvalue weighted by molar-refractivity contribution is 8.00. The Morgan fingerprint density at radius 1 is 0.929 bits per heavy atom. The highest BCUT2D eigenvalue weighted by Gasteiger charge is 2.57. The molecule has 0 saturated carbocycles. The Hall–Kier alpha value is -4.42. The Morgan fingerprint density at radius 3 is 2.33 bits per heavy atom. The Bertz CT molecular complexity index is 1760. The van der Waals surface area contributed by atoms with Gasteiger partial charge in [0, 0.05) is 16.5 Å². The molecule has 0 unspecified atom stereocenters. The number of nitrogens with zero attached hydrogens (tertiary/aromatic N) is 2. The first-order valence-electron chi connectivity index (χ1n) is 12.9. The van der Waals surface area contributed by atoms with E-state index < -0.39 is 40.6 Å². The standard InChI is InChI=1S/C30H24FN3O6S2/c1-39-20-13-8-16(14-21(20)40-2)23-24-25(28(37)34(27(24)36)19-11-9-17(31)10-12-19)41-29-26(23)42-30(38)33(29)15-22(35)32-18-6-4-3-5-7-18/h3-14,23-25H,15H2,1-2H3,(H,32,35)/t23-,24-,25+/m0/s1. The molecule has 1 saturated heterocycles. The number of carbonyl (C=O) groups excluding carboxylic acids is 3. The number of fused-ring (bicyclic) bond motifs is 2. The number of carbonyl (C=O) groups is 3. The average Bonchev–Trinajstić information content (AvgIpc) is 3.44. The Morgan fingerprint density at radius 2 is 1.64 bits per heavy atom. The molecule has 0 bridgehead atoms. The summed E-state index contributed by atoms with van der Waals surface area (Å²) in [5.41, 5.74) is 1.49. The second kappa shape index (κ2) is 11.1. The molecule has 42 heavy (non-hydrogen) atoms. The Labute approximate surface area is 247 Å². The van der Waals surface area contributed by atoms with Crippen molar-refractivity contribution in [2.75, 3.05) is 24.4 Å². The fourth-order valence-corrected chi connectivity index (χ4v) is 8.14. The summed E-state index contributed by atoms with van der Waals surface area (Å²) in [6.45, 7) is -0.271. The molecule has 2 aliphatic rings. The predicted octanol–water partition coefficient (Wildman–Crippen LogP) is 4.50. The number of ether oxygens (including phenoxy) is 2. The molecule has 4 aromatic rings. The molecule has 0 aliphatic carbocycles. The van der Waals surface area contributed by atoms with Crippen LogP contribution in [0.25, 0.3) is 0 Å². The smallest absolute Gasteiger partial charge is 0.308 e. The van der Waals surface area contributed by atoms with Crippen LogP contribution in [0.3, 0.4) is 0 Å². The van der Waals surface area contributed by atoms with Gasteiger partial charge in [-0.15, -0.1) is 0 Å². The number of thioether (sulfide) groups is 1. The fourth-order valence-electron chi connectivity index (χ4n) is 5.37. The zero-order valence-corrected chi connectivity index (χ0v) is 24.0. The molecule has 1 fully saturated rings. The summed E-state index contributed by atoms with van der Waals surface area (Å²) >= 11 is 2.05. The summed E-state index contributed by atoms with van der Waals surface area (Å²) in [6.07, 6.45) is 0. The highest BCUT2D eigenvalue weighted by atomic mass is 32.2. The molecule has 9 nitrogen and oxygen atoms in total. The third kappa shape index (κ3) is 4.76. The van der Waals surface area contributed by atoms with Gasteiger partial charge < -0.3 is 14.8 Å². The van der Waals surface area contributed by atoms with Gasteiger partial charge in [0.2, 0.25) is 17.7 Å². The molecule has 1 aromatic heterocycles. The summed E-state index contributed by atoms with van der Waals surface area (Å²) in [5, 5.41) is 2.36. The first-order valence-corrected chi connectivity index (χ1v) is 14.6. The lowest BCUT2D eigenvalue weighted by Gasteiger charge is -2.31. The third-order valence-electron chi connectivity index (χ3n) is 7.26. The molecule has 2 aliphatic heterocycles. The van der Waals surface area contributed by atoms with Crippen molar-refractivity contribution >= 4 is 52.2 Å². The zero-order valence-electron chi connectivity index (χ0n) is 22.4. The Kier molecular flexibility index (Phi) is 7.33. The van der Waals surface area contributed by atoms with Crippen LogP contribution in [0.2, 0.25) is 0 Å². The summed E-state index contributed by atoms with van der Waals surface area (Å²) in [5.74, 6) is -2.47. The van der Waals surface area contributed by atoms with E-state index in [-0.39, 0.29) is 17.1 Å². The van der Waals surface area contributed by atoms with Gasteiger partial charge in [-0.3, -0.25) is 23.7 Å². The van der Waals surface area contributed by atoms with Crippen LogP contribution in [0.4, 0.5) is 15.8 Å². The average molecular weight is 606 g/mol. The number of thiazole rings is 1. The lowest BCUT2D eigenvalue weighted by molar-refractivity contribution is -0.122. The predicted molar refractivity (Wildman–Crippen MR) is 157 cm³/mol. The summed E-state index contributed by atoms with van der Waals surface area (Å²) < 4.78 is 25.9. The molecule has 12 heteroatoms. The third-order valence-corrected chi connectivity index (χ3v) is 9.86. The molecule has 3 atom stereocenters. The lowest BCUT2D eigenvalue weighted by atomic mass is 9.83. The van der Waals surface area contributed by atoms with Crippen LogP contribution in [-0.4, -0.2) is 41.8 Å². The minimum Gasteiger partial charge on any atom is -0.493 e. The molecular formula is C30H24FN3O6S2. The number of amides is 3. The van der Waals surface area contributed by atoms with Crippen molar-refractivity contribution < 1.29 is 28.2 Å². The first-order chi connectivity index (χ1) is 20.3. The van der Waals surface area contributed by atoms with Crippen LogP contribution < -0.4 is 24.6 Å². The van der Waals surface area contributed by atoms with E-state index in [2.05, 4.69) is 5.32 Å². The van der Waals surface area contributed by atoms with Crippen molar-refractivity contribution in [2.24, 2.45) is 5.92 Å². The van der Waals surface area contributed by atoms with Gasteiger partial charge in [0.15, 0.2) is 11.5 Å². The number of hydrogen-bond acceptors (Lipinski definition) is 8. The van der Waals surface area contributed by atoms with Gasteiger partial charge in [0.1, 0.15) is 17.6 Å². The van der Waals surface area contributed by atoms with E-state index in [0.717, 1.165) is 28.0 Å². The quantitative estimate of drug-likeness (QED) is 0.309. The van der Waals surface area contributed by atoms with E-state index in [1.807, 2.05) is 6.07 Å². The number of benzene rings is 3. The largest absolute Gasteiger partial charge is 0.493 e. The van der Waals surface area contributed by atoms with Gasteiger partial charge in [-0.1, -0.05) is 47.4 Å². The molecular weight excluding hydrogens is 581 g/mol. The summed E-state index contributed by atoms with van der Waals surface area (Å²) in [6, 6.07) is 19.2. The number of methoxy groups -OCH3 is 2. The van der Waals surface area contributed by atoms with Gasteiger partial charge in [-0.25, -0.2) is 9.29 Å². The summed E-state index contributed by atoms with van der Waals surface area (Å²) in [7, 11) is 3.00. The highest BCUT2D eigenvalue weighted by Crippen LogP contribution is 2.54. The monoisotopic (exact) mass is 605 g/mol. The SMILES string of the molecule is COc1ccc([C@@H]2c3sc(=O)n(CC(=O)Nc4ccccc4)c3S[C@H]3C(=O)N(c4ccc(F)cc4)C(=O)[C@@H]23)cc1OC. The molecule has 6 rings (SSSR count). The molecule has 0 spiro atoms. The maximum atomic E-state index is 14.0. The van der Waals surface area contributed by atoms with E-state index >= 15 is 0 Å². The second-order valence-electron chi connectivity index (χ2n) is 9.68. The molecule has 3 aromatic carbocycles. The maximum absolute atomic E-state index is 14.0. The number of rotatable bonds is 7. The number of aromatic nitrogens is 1. The van der Waals surface area contributed by atoms with E-state index in [1.165, 1.54) is 43.1 Å². The van der Waals surface area contributed by atoms with Crippen LogP contribution in [-0.2, 0) is 20.9 Å². The number of para-hydroxylation sites is 1. The molecule has 0 radical (unpaired) electrons. The van der Waals surface area contributed by atoms with Gasteiger partial charge in [-0.05, 0) is 54.1 Å². The number of imide groups is 1. The van der Waals surface area contributed by atoms with Crippen molar-refractivity contribution in [2.45, 2.75) is 22.7 Å². The van der Waals surface area contributed by atoms with Crippen molar-refractivity contribution in [1.82, 2.24) is 4.57 Å². The minimum absolute atomic E-state index is 0.260. The topological polar surface area (TPSA) is 107 Å². The molecule has 214 valence electrons. The van der Waals surface area contributed by atoms with Crippen LogP contribution in [0, 0.1) is 11.7 Å². The van der Waals surface area contributed by atoms with E-state index in [4.69, 9.17) is 9.47 Å². The van der Waals surface area contributed by atoms with Crippen LogP contribution in [0.15, 0.2) is 82.6 Å². The molecule has 3 heterocycles. The van der Waals surface area contributed by atoms with E-state index in [9.17, 15) is 23.6 Å². The number of nitrogens with one attached hydrogen (secondary N) is 1.